The van der Waals surface area contributed by atoms with Crippen molar-refractivity contribution in [2.75, 3.05) is 6.54 Å². The fraction of sp³-hybridized carbons (Fsp3) is 0.400. The summed E-state index contributed by atoms with van der Waals surface area (Å²) in [5.74, 6) is 5.35. The van der Waals surface area contributed by atoms with Crippen molar-refractivity contribution in [2.45, 2.75) is 20.8 Å². The lowest BCUT2D eigenvalue weighted by atomic mass is 10.2. The summed E-state index contributed by atoms with van der Waals surface area (Å²) in [6.45, 7) is 5.73. The number of carbonyl (C=O) groups is 1. The minimum absolute atomic E-state index is 0.128. The Balaban J connectivity index is 2.72. The van der Waals surface area contributed by atoms with E-state index in [1.54, 1.807) is 13.8 Å². The third kappa shape index (κ3) is 2.13. The van der Waals surface area contributed by atoms with Crippen molar-refractivity contribution in [2.24, 2.45) is 0 Å². The van der Waals surface area contributed by atoms with Gasteiger partial charge in [0, 0.05) is 5.69 Å². The van der Waals surface area contributed by atoms with E-state index >= 15 is 0 Å². The van der Waals surface area contributed by atoms with Crippen LogP contribution in [0, 0.1) is 25.7 Å². The largest absolute Gasteiger partial charge is 0.341 e. The van der Waals surface area contributed by atoms with Crippen LogP contribution >= 0.6 is 0 Å². The predicted octanol–water partition coefficient (Wildman–Crippen LogP) is 0.780. The zero-order valence-electron chi connectivity index (χ0n) is 8.56. The van der Waals surface area contributed by atoms with Crippen molar-refractivity contribution in [3.8, 4) is 11.8 Å². The predicted molar refractivity (Wildman–Crippen MR) is 53.8 cm³/mol. The summed E-state index contributed by atoms with van der Waals surface area (Å²) in [4.78, 5) is 11.6. The van der Waals surface area contributed by atoms with Gasteiger partial charge in [-0.1, -0.05) is 5.92 Å². The van der Waals surface area contributed by atoms with Crippen molar-refractivity contribution in [3.05, 3.63) is 17.0 Å². The van der Waals surface area contributed by atoms with Gasteiger partial charge in [0.2, 0.25) is 0 Å². The Labute approximate surface area is 83.1 Å². The van der Waals surface area contributed by atoms with Gasteiger partial charge in [-0.2, -0.15) is 5.10 Å². The quantitative estimate of drug-likeness (QED) is 0.679. The van der Waals surface area contributed by atoms with E-state index < -0.39 is 0 Å². The number of aromatic amines is 1. The molecule has 0 aromatic carbocycles. The number of aryl methyl sites for hydroxylation is 2. The Bertz CT molecular complexity index is 376. The molecule has 2 N–H and O–H groups in total. The van der Waals surface area contributed by atoms with Crippen LogP contribution in [-0.4, -0.2) is 22.6 Å². The van der Waals surface area contributed by atoms with Crippen LogP contribution in [0.15, 0.2) is 0 Å². The van der Waals surface area contributed by atoms with Gasteiger partial charge in [-0.25, -0.2) is 0 Å². The third-order valence-electron chi connectivity index (χ3n) is 1.87. The molecule has 0 unspecified atom stereocenters. The first-order valence-electron chi connectivity index (χ1n) is 4.36. The lowest BCUT2D eigenvalue weighted by Gasteiger charge is -2.00. The molecule has 0 atom stereocenters. The van der Waals surface area contributed by atoms with Crippen molar-refractivity contribution in [1.29, 1.82) is 0 Å². The fourth-order valence-electron chi connectivity index (χ4n) is 1.19. The smallest absolute Gasteiger partial charge is 0.255 e. The number of H-pyrrole nitrogens is 1. The highest BCUT2D eigenvalue weighted by Crippen LogP contribution is 2.08. The van der Waals surface area contributed by atoms with Crippen molar-refractivity contribution >= 4 is 5.91 Å². The summed E-state index contributed by atoms with van der Waals surface area (Å²) in [6.07, 6.45) is 0. The highest BCUT2D eigenvalue weighted by Gasteiger charge is 2.13. The number of carbonyl (C=O) groups excluding carboxylic acids is 1. The molecule has 1 aromatic rings. The highest BCUT2D eigenvalue weighted by atomic mass is 16.1. The Hall–Kier alpha value is -1.76. The van der Waals surface area contributed by atoms with Crippen LogP contribution in [0.3, 0.4) is 0 Å². The lowest BCUT2D eigenvalue weighted by Crippen LogP contribution is -2.24. The van der Waals surface area contributed by atoms with Gasteiger partial charge in [-0.3, -0.25) is 9.89 Å². The maximum atomic E-state index is 11.6. The first kappa shape index (κ1) is 10.3. The molecule has 14 heavy (non-hydrogen) atoms. The first-order valence-corrected chi connectivity index (χ1v) is 4.36. The molecule has 1 amide bonds. The molecular formula is C10H13N3O. The molecule has 4 heteroatoms. The summed E-state index contributed by atoms with van der Waals surface area (Å²) >= 11 is 0. The van der Waals surface area contributed by atoms with E-state index in [2.05, 4.69) is 27.4 Å². The molecule has 0 aliphatic rings. The van der Waals surface area contributed by atoms with Crippen LogP contribution in [0.2, 0.25) is 0 Å². The van der Waals surface area contributed by atoms with Gasteiger partial charge in [0.1, 0.15) is 0 Å². The number of aromatic nitrogens is 2. The van der Waals surface area contributed by atoms with Gasteiger partial charge in [0.15, 0.2) is 0 Å². The molecule has 0 bridgehead atoms. The highest BCUT2D eigenvalue weighted by molar-refractivity contribution is 5.96. The number of hydrogen-bond acceptors (Lipinski definition) is 2. The minimum Gasteiger partial charge on any atom is -0.341 e. The maximum absolute atomic E-state index is 11.6. The van der Waals surface area contributed by atoms with Crippen molar-refractivity contribution in [1.82, 2.24) is 15.5 Å². The van der Waals surface area contributed by atoms with E-state index in [-0.39, 0.29) is 5.91 Å². The van der Waals surface area contributed by atoms with Gasteiger partial charge in [-0.15, -0.1) is 5.92 Å². The number of rotatable bonds is 2. The molecular weight excluding hydrogens is 178 g/mol. The number of nitrogens with zero attached hydrogens (tertiary/aromatic N) is 1. The van der Waals surface area contributed by atoms with Crippen LogP contribution in [0.25, 0.3) is 0 Å². The zero-order chi connectivity index (χ0) is 10.6. The number of amides is 1. The first-order chi connectivity index (χ1) is 6.66. The molecule has 1 aromatic heterocycles. The van der Waals surface area contributed by atoms with E-state index in [1.807, 2.05) is 6.92 Å². The van der Waals surface area contributed by atoms with Crippen molar-refractivity contribution < 1.29 is 4.79 Å². The number of hydrogen-bond donors (Lipinski definition) is 2. The lowest BCUT2D eigenvalue weighted by molar-refractivity contribution is 0.0957. The molecule has 0 aliphatic heterocycles. The third-order valence-corrected chi connectivity index (χ3v) is 1.87. The molecule has 4 nitrogen and oxygen atoms in total. The average molecular weight is 191 g/mol. The second kappa shape index (κ2) is 4.47. The molecule has 0 spiro atoms. The summed E-state index contributed by atoms with van der Waals surface area (Å²) in [7, 11) is 0. The van der Waals surface area contributed by atoms with E-state index in [1.165, 1.54) is 0 Å². The van der Waals surface area contributed by atoms with Crippen molar-refractivity contribution in [3.63, 3.8) is 0 Å². The molecule has 1 rings (SSSR count). The molecule has 0 radical (unpaired) electrons. The van der Waals surface area contributed by atoms with Gasteiger partial charge < -0.3 is 5.32 Å². The van der Waals surface area contributed by atoms with Gasteiger partial charge in [0.05, 0.1) is 17.8 Å². The van der Waals surface area contributed by atoms with Crippen LogP contribution < -0.4 is 5.32 Å². The summed E-state index contributed by atoms with van der Waals surface area (Å²) < 4.78 is 0. The Morgan fingerprint density at radius 1 is 1.57 bits per heavy atom. The zero-order valence-corrected chi connectivity index (χ0v) is 8.56. The molecule has 0 saturated carbocycles. The standard InChI is InChI=1S/C10H13N3O/c1-4-5-6-11-10(14)9-7(2)12-13-8(9)3/h6H2,1-3H3,(H,11,14)(H,12,13). The molecule has 74 valence electrons. The Morgan fingerprint density at radius 2 is 2.29 bits per heavy atom. The van der Waals surface area contributed by atoms with Gasteiger partial charge in [0.25, 0.3) is 5.91 Å². The molecule has 0 saturated heterocycles. The fourth-order valence-corrected chi connectivity index (χ4v) is 1.19. The average Bonchev–Trinajstić information content (AvgIpc) is 2.46. The minimum atomic E-state index is -0.128. The van der Waals surface area contributed by atoms with Crippen LogP contribution in [0.5, 0.6) is 0 Å². The Morgan fingerprint density at radius 3 is 2.79 bits per heavy atom. The number of nitrogens with one attached hydrogen (secondary N) is 2. The normalized spacial score (nSPS) is 9.07. The van der Waals surface area contributed by atoms with E-state index in [4.69, 9.17) is 0 Å². The van der Waals surface area contributed by atoms with E-state index in [9.17, 15) is 4.79 Å². The van der Waals surface area contributed by atoms with Crippen LogP contribution in [-0.2, 0) is 0 Å². The summed E-state index contributed by atoms with van der Waals surface area (Å²) in [5, 5.41) is 9.40. The molecule has 0 aliphatic carbocycles. The van der Waals surface area contributed by atoms with Gasteiger partial charge in [-0.05, 0) is 20.8 Å². The molecule has 0 fully saturated rings. The van der Waals surface area contributed by atoms with Crippen LogP contribution in [0.4, 0.5) is 0 Å². The Kier molecular flexibility index (Phi) is 3.29. The molecule has 1 heterocycles. The topological polar surface area (TPSA) is 57.8 Å². The summed E-state index contributed by atoms with van der Waals surface area (Å²) in [6, 6.07) is 0. The van der Waals surface area contributed by atoms with Crippen LogP contribution in [0.1, 0.15) is 28.7 Å². The van der Waals surface area contributed by atoms with E-state index in [0.29, 0.717) is 17.8 Å². The SMILES string of the molecule is CC#CCNC(=O)c1c(C)n[nH]c1C. The summed E-state index contributed by atoms with van der Waals surface area (Å²) in [5.41, 5.74) is 2.11. The van der Waals surface area contributed by atoms with E-state index in [0.717, 1.165) is 5.69 Å². The van der Waals surface area contributed by atoms with Gasteiger partial charge >= 0.3 is 0 Å². The second-order valence-electron chi connectivity index (χ2n) is 2.92. The maximum Gasteiger partial charge on any atom is 0.255 e. The monoisotopic (exact) mass is 191 g/mol. The second-order valence-corrected chi connectivity index (χ2v) is 2.92.